The first-order chi connectivity index (χ1) is 11.3. The molecule has 0 aliphatic carbocycles. The summed E-state index contributed by atoms with van der Waals surface area (Å²) in [5, 5.41) is 0. The van der Waals surface area contributed by atoms with Gasteiger partial charge < -0.3 is 4.40 Å². The number of benzene rings is 1. The molecule has 3 nitrogen and oxygen atoms in total. The lowest BCUT2D eigenvalue weighted by Crippen LogP contribution is -2.00. The summed E-state index contributed by atoms with van der Waals surface area (Å²) < 4.78 is 2.01. The van der Waals surface area contributed by atoms with E-state index in [9.17, 15) is 4.79 Å². The van der Waals surface area contributed by atoms with Crippen molar-refractivity contribution in [2.45, 2.75) is 0 Å². The van der Waals surface area contributed by atoms with Crippen LogP contribution in [0.3, 0.4) is 0 Å². The van der Waals surface area contributed by atoms with E-state index in [0.717, 1.165) is 16.9 Å². The van der Waals surface area contributed by atoms with Crippen molar-refractivity contribution in [1.29, 1.82) is 0 Å². The molecule has 0 aliphatic rings. The lowest BCUT2D eigenvalue weighted by molar-refractivity contribution is 0.104. The van der Waals surface area contributed by atoms with Crippen molar-refractivity contribution in [3.8, 4) is 11.4 Å². The number of rotatable bonds is 3. The van der Waals surface area contributed by atoms with Crippen LogP contribution in [0.5, 0.6) is 0 Å². The molecule has 23 heavy (non-hydrogen) atoms. The Balaban J connectivity index is 1.94. The molecule has 1 aromatic carbocycles. The molecule has 4 aromatic rings. The van der Waals surface area contributed by atoms with Crippen LogP contribution in [-0.4, -0.2) is 15.2 Å². The van der Waals surface area contributed by atoms with Crippen molar-refractivity contribution in [2.24, 2.45) is 0 Å². The fourth-order valence-corrected chi connectivity index (χ4v) is 2.79. The van der Waals surface area contributed by atoms with Crippen molar-refractivity contribution in [1.82, 2.24) is 9.38 Å². The van der Waals surface area contributed by atoms with Crippen molar-refractivity contribution < 1.29 is 4.79 Å². The first-order valence-corrected chi connectivity index (χ1v) is 7.46. The molecule has 3 heteroatoms. The number of aromatic nitrogens is 2. The highest BCUT2D eigenvalue weighted by molar-refractivity contribution is 6.14. The minimum absolute atomic E-state index is 0.0245. The maximum Gasteiger partial charge on any atom is 0.195 e. The van der Waals surface area contributed by atoms with Crippen LogP contribution in [-0.2, 0) is 0 Å². The quantitative estimate of drug-likeness (QED) is 0.530. The highest BCUT2D eigenvalue weighted by Gasteiger charge is 2.17. The van der Waals surface area contributed by atoms with E-state index in [4.69, 9.17) is 0 Å². The number of carbonyl (C=O) groups excluding carboxylic acids is 1. The number of ketones is 1. The van der Waals surface area contributed by atoms with Gasteiger partial charge in [0.1, 0.15) is 0 Å². The third-order valence-electron chi connectivity index (χ3n) is 3.88. The van der Waals surface area contributed by atoms with Crippen LogP contribution in [0.1, 0.15) is 15.9 Å². The molecule has 0 aliphatic heterocycles. The van der Waals surface area contributed by atoms with E-state index in [-0.39, 0.29) is 5.78 Å². The SMILES string of the molecule is O=C(c1ccccc1)c1cc(-c2ccccn2)n2ccccc12. The summed E-state index contributed by atoms with van der Waals surface area (Å²) in [5.74, 6) is 0.0245. The van der Waals surface area contributed by atoms with Gasteiger partial charge in [0.2, 0.25) is 0 Å². The molecule has 0 spiro atoms. The molecular weight excluding hydrogens is 284 g/mol. The maximum atomic E-state index is 12.9. The van der Waals surface area contributed by atoms with Crippen LogP contribution in [0, 0.1) is 0 Å². The van der Waals surface area contributed by atoms with Gasteiger partial charge in [-0.3, -0.25) is 9.78 Å². The lowest BCUT2D eigenvalue weighted by atomic mass is 10.0. The van der Waals surface area contributed by atoms with Gasteiger partial charge in [-0.1, -0.05) is 42.5 Å². The fourth-order valence-electron chi connectivity index (χ4n) is 2.79. The van der Waals surface area contributed by atoms with Gasteiger partial charge in [0.25, 0.3) is 0 Å². The van der Waals surface area contributed by atoms with E-state index in [1.807, 2.05) is 83.4 Å². The van der Waals surface area contributed by atoms with E-state index in [1.54, 1.807) is 6.20 Å². The highest BCUT2D eigenvalue weighted by Crippen LogP contribution is 2.26. The summed E-state index contributed by atoms with van der Waals surface area (Å²) in [6, 6.07) is 22.9. The minimum Gasteiger partial charge on any atom is -0.314 e. The average molecular weight is 298 g/mol. The van der Waals surface area contributed by atoms with E-state index >= 15 is 0 Å². The van der Waals surface area contributed by atoms with E-state index in [1.165, 1.54) is 0 Å². The Kier molecular flexibility index (Phi) is 3.24. The fraction of sp³-hybridized carbons (Fsp3) is 0. The van der Waals surface area contributed by atoms with Gasteiger partial charge in [-0.2, -0.15) is 0 Å². The summed E-state index contributed by atoms with van der Waals surface area (Å²) in [6.45, 7) is 0. The molecule has 0 saturated carbocycles. The molecule has 0 radical (unpaired) electrons. The van der Waals surface area contributed by atoms with Crippen LogP contribution < -0.4 is 0 Å². The molecule has 0 atom stereocenters. The van der Waals surface area contributed by atoms with E-state index in [2.05, 4.69) is 4.98 Å². The largest absolute Gasteiger partial charge is 0.314 e. The second-order valence-electron chi connectivity index (χ2n) is 5.31. The minimum atomic E-state index is 0.0245. The number of nitrogens with zero attached hydrogens (tertiary/aromatic N) is 2. The Hall–Kier alpha value is -3.20. The molecule has 0 fully saturated rings. The van der Waals surface area contributed by atoms with Crippen molar-refractivity contribution in [2.75, 3.05) is 0 Å². The van der Waals surface area contributed by atoms with Crippen molar-refractivity contribution in [3.63, 3.8) is 0 Å². The summed E-state index contributed by atoms with van der Waals surface area (Å²) in [5.41, 5.74) is 4.04. The van der Waals surface area contributed by atoms with Gasteiger partial charge in [-0.25, -0.2) is 0 Å². The van der Waals surface area contributed by atoms with Gasteiger partial charge in [-0.05, 0) is 30.3 Å². The summed E-state index contributed by atoms with van der Waals surface area (Å²) in [6.07, 6.45) is 3.72. The van der Waals surface area contributed by atoms with Gasteiger partial charge >= 0.3 is 0 Å². The van der Waals surface area contributed by atoms with Crippen LogP contribution in [0.2, 0.25) is 0 Å². The molecule has 0 N–H and O–H groups in total. The summed E-state index contributed by atoms with van der Waals surface area (Å²) in [7, 11) is 0. The van der Waals surface area contributed by atoms with Crippen LogP contribution in [0.25, 0.3) is 16.9 Å². The monoisotopic (exact) mass is 298 g/mol. The first-order valence-electron chi connectivity index (χ1n) is 7.46. The number of fused-ring (bicyclic) bond motifs is 1. The smallest absolute Gasteiger partial charge is 0.195 e. The van der Waals surface area contributed by atoms with Crippen LogP contribution in [0.15, 0.2) is 85.2 Å². The van der Waals surface area contributed by atoms with E-state index < -0.39 is 0 Å². The maximum absolute atomic E-state index is 12.9. The highest BCUT2D eigenvalue weighted by atomic mass is 16.1. The number of hydrogen-bond acceptors (Lipinski definition) is 2. The van der Waals surface area contributed by atoms with E-state index in [0.29, 0.717) is 11.1 Å². The molecule has 0 saturated heterocycles. The topological polar surface area (TPSA) is 34.4 Å². The summed E-state index contributed by atoms with van der Waals surface area (Å²) >= 11 is 0. The van der Waals surface area contributed by atoms with Gasteiger partial charge in [0.15, 0.2) is 5.78 Å². The zero-order valence-electron chi connectivity index (χ0n) is 12.4. The molecule has 3 heterocycles. The van der Waals surface area contributed by atoms with Crippen molar-refractivity contribution in [3.05, 3.63) is 96.3 Å². The third-order valence-corrected chi connectivity index (χ3v) is 3.88. The summed E-state index contributed by atoms with van der Waals surface area (Å²) in [4.78, 5) is 17.3. The zero-order valence-corrected chi connectivity index (χ0v) is 12.4. The Morgan fingerprint density at radius 2 is 1.65 bits per heavy atom. The zero-order chi connectivity index (χ0) is 15.6. The number of carbonyl (C=O) groups is 1. The Labute approximate surface area is 133 Å². The van der Waals surface area contributed by atoms with Crippen LogP contribution >= 0.6 is 0 Å². The standard InChI is InChI=1S/C20H14N2O/c23-20(15-8-2-1-3-9-15)16-14-19(17-10-4-6-12-21-17)22-13-7-5-11-18(16)22/h1-14H. The molecular formula is C20H14N2O. The first kappa shape index (κ1) is 13.5. The molecule has 0 unspecified atom stereocenters. The number of hydrogen-bond donors (Lipinski definition) is 0. The molecule has 110 valence electrons. The van der Waals surface area contributed by atoms with Gasteiger partial charge in [0, 0.05) is 23.5 Å². The Morgan fingerprint density at radius 1 is 0.870 bits per heavy atom. The normalized spacial score (nSPS) is 10.8. The molecule has 3 aromatic heterocycles. The van der Waals surface area contributed by atoms with Gasteiger partial charge in [-0.15, -0.1) is 0 Å². The second-order valence-corrected chi connectivity index (χ2v) is 5.31. The average Bonchev–Trinajstić information content (AvgIpc) is 3.02. The predicted octanol–water partition coefficient (Wildman–Crippen LogP) is 4.23. The number of pyridine rings is 2. The third kappa shape index (κ3) is 2.32. The molecule has 0 bridgehead atoms. The lowest BCUT2D eigenvalue weighted by Gasteiger charge is -2.01. The second kappa shape index (κ2) is 5.54. The molecule has 0 amide bonds. The Bertz CT molecular complexity index is 972. The van der Waals surface area contributed by atoms with Crippen LogP contribution in [0.4, 0.5) is 0 Å². The predicted molar refractivity (Wildman–Crippen MR) is 90.5 cm³/mol. The van der Waals surface area contributed by atoms with Gasteiger partial charge in [0.05, 0.1) is 16.9 Å². The van der Waals surface area contributed by atoms with Crippen molar-refractivity contribution >= 4 is 11.3 Å². The molecule has 4 rings (SSSR count). The Morgan fingerprint density at radius 3 is 2.43 bits per heavy atom.